The van der Waals surface area contributed by atoms with Crippen molar-refractivity contribution >= 4 is 5.97 Å². The normalized spacial score (nSPS) is 17.2. The molecule has 0 saturated heterocycles. The second-order valence-electron chi connectivity index (χ2n) is 5.45. The molecule has 0 amide bonds. The average molecular weight is 293 g/mol. The lowest BCUT2D eigenvalue weighted by Gasteiger charge is -2.30. The molecule has 2 N–H and O–H groups in total. The van der Waals surface area contributed by atoms with E-state index in [4.69, 9.17) is 9.47 Å². The first-order valence-corrected chi connectivity index (χ1v) is 7.31. The number of aliphatic carboxylic acids is 1. The van der Waals surface area contributed by atoms with E-state index in [1.807, 2.05) is 31.2 Å². The van der Waals surface area contributed by atoms with E-state index in [1.54, 1.807) is 7.11 Å². The van der Waals surface area contributed by atoms with Crippen molar-refractivity contribution in [3.63, 3.8) is 0 Å². The molecule has 1 saturated carbocycles. The van der Waals surface area contributed by atoms with Crippen LogP contribution in [0.2, 0.25) is 0 Å². The molecular weight excluding hydrogens is 270 g/mol. The SMILES string of the molecule is CCNC(COc1cccc(COC)c1)(C(=O)O)C1CC1. The first-order valence-electron chi connectivity index (χ1n) is 7.31. The summed E-state index contributed by atoms with van der Waals surface area (Å²) in [7, 11) is 1.64. The molecule has 0 aromatic heterocycles. The summed E-state index contributed by atoms with van der Waals surface area (Å²) >= 11 is 0. The Kier molecular flexibility index (Phi) is 5.20. The van der Waals surface area contributed by atoms with Crippen LogP contribution in [-0.4, -0.2) is 36.9 Å². The molecule has 1 atom stereocenters. The number of likely N-dealkylation sites (N-methyl/N-ethyl adjacent to an activating group) is 1. The van der Waals surface area contributed by atoms with Crippen LogP contribution in [0.1, 0.15) is 25.3 Å². The molecule has 21 heavy (non-hydrogen) atoms. The maximum Gasteiger partial charge on any atom is 0.327 e. The van der Waals surface area contributed by atoms with Crippen molar-refractivity contribution < 1.29 is 19.4 Å². The van der Waals surface area contributed by atoms with E-state index < -0.39 is 11.5 Å². The second-order valence-corrected chi connectivity index (χ2v) is 5.45. The third kappa shape index (κ3) is 3.74. The van der Waals surface area contributed by atoms with Gasteiger partial charge in [0.05, 0.1) is 6.61 Å². The molecule has 0 aliphatic heterocycles. The van der Waals surface area contributed by atoms with Gasteiger partial charge in [-0.15, -0.1) is 0 Å². The third-order valence-corrected chi connectivity index (χ3v) is 3.82. The van der Waals surface area contributed by atoms with Gasteiger partial charge in [-0.25, -0.2) is 0 Å². The number of benzene rings is 1. The maximum absolute atomic E-state index is 11.7. The minimum Gasteiger partial charge on any atom is -0.491 e. The number of carboxylic acids is 1. The Bertz CT molecular complexity index is 487. The van der Waals surface area contributed by atoms with E-state index in [-0.39, 0.29) is 12.5 Å². The summed E-state index contributed by atoms with van der Waals surface area (Å²) in [6.45, 7) is 3.17. The van der Waals surface area contributed by atoms with E-state index in [0.717, 1.165) is 18.4 Å². The number of hydrogen-bond donors (Lipinski definition) is 2. The van der Waals surface area contributed by atoms with E-state index in [2.05, 4.69) is 5.32 Å². The number of methoxy groups -OCH3 is 1. The molecule has 116 valence electrons. The Hall–Kier alpha value is -1.59. The van der Waals surface area contributed by atoms with Gasteiger partial charge >= 0.3 is 5.97 Å². The van der Waals surface area contributed by atoms with Gasteiger partial charge in [0.1, 0.15) is 12.4 Å². The van der Waals surface area contributed by atoms with Gasteiger partial charge in [-0.3, -0.25) is 10.1 Å². The summed E-state index contributed by atoms with van der Waals surface area (Å²) in [5, 5.41) is 12.7. The topological polar surface area (TPSA) is 67.8 Å². The molecule has 1 aliphatic carbocycles. The molecule has 0 spiro atoms. The molecule has 1 aromatic carbocycles. The summed E-state index contributed by atoms with van der Waals surface area (Å²) in [6.07, 6.45) is 1.87. The van der Waals surface area contributed by atoms with Gasteiger partial charge in [0.2, 0.25) is 0 Å². The van der Waals surface area contributed by atoms with Gasteiger partial charge < -0.3 is 14.6 Å². The molecular formula is C16H23NO4. The number of hydrogen-bond acceptors (Lipinski definition) is 4. The van der Waals surface area contributed by atoms with Crippen molar-refractivity contribution in [3.8, 4) is 5.75 Å². The molecule has 2 rings (SSSR count). The zero-order chi connectivity index (χ0) is 15.3. The fourth-order valence-electron chi connectivity index (χ4n) is 2.61. The monoisotopic (exact) mass is 293 g/mol. The summed E-state index contributed by atoms with van der Waals surface area (Å²) in [6, 6.07) is 7.56. The Balaban J connectivity index is 2.07. The molecule has 1 fully saturated rings. The Labute approximate surface area is 125 Å². The highest BCUT2D eigenvalue weighted by atomic mass is 16.5. The molecule has 0 radical (unpaired) electrons. The predicted octanol–water partition coefficient (Wildman–Crippen LogP) is 2.05. The number of ether oxygens (including phenoxy) is 2. The fourth-order valence-corrected chi connectivity index (χ4v) is 2.61. The van der Waals surface area contributed by atoms with Gasteiger partial charge in [-0.1, -0.05) is 19.1 Å². The lowest BCUT2D eigenvalue weighted by molar-refractivity contribution is -0.147. The van der Waals surface area contributed by atoms with Crippen molar-refractivity contribution in [2.24, 2.45) is 5.92 Å². The van der Waals surface area contributed by atoms with Crippen molar-refractivity contribution in [2.45, 2.75) is 31.9 Å². The molecule has 1 aliphatic rings. The third-order valence-electron chi connectivity index (χ3n) is 3.82. The quantitative estimate of drug-likeness (QED) is 0.729. The van der Waals surface area contributed by atoms with Crippen LogP contribution in [0.4, 0.5) is 0 Å². The minimum absolute atomic E-state index is 0.136. The van der Waals surface area contributed by atoms with Crippen molar-refractivity contribution in [2.75, 3.05) is 20.3 Å². The number of rotatable bonds is 9. The molecule has 5 heteroatoms. The largest absolute Gasteiger partial charge is 0.491 e. The molecule has 5 nitrogen and oxygen atoms in total. The van der Waals surface area contributed by atoms with E-state index in [9.17, 15) is 9.90 Å². The van der Waals surface area contributed by atoms with Gasteiger partial charge in [-0.2, -0.15) is 0 Å². The Morgan fingerprint density at radius 1 is 1.48 bits per heavy atom. The summed E-state index contributed by atoms with van der Waals surface area (Å²) < 4.78 is 10.9. The minimum atomic E-state index is -0.980. The number of carbonyl (C=O) groups is 1. The lowest BCUT2D eigenvalue weighted by atomic mass is 9.94. The maximum atomic E-state index is 11.7. The first kappa shape index (κ1) is 15.8. The number of carboxylic acid groups (broad SMARTS) is 1. The van der Waals surface area contributed by atoms with Crippen LogP contribution in [0.5, 0.6) is 5.75 Å². The van der Waals surface area contributed by atoms with E-state index >= 15 is 0 Å². The smallest absolute Gasteiger partial charge is 0.327 e. The first-order chi connectivity index (χ1) is 10.1. The second kappa shape index (κ2) is 6.91. The summed E-state index contributed by atoms with van der Waals surface area (Å²) in [5.41, 5.74) is 0.0252. The van der Waals surface area contributed by atoms with Crippen LogP contribution in [0.25, 0.3) is 0 Å². The fraction of sp³-hybridized carbons (Fsp3) is 0.562. The van der Waals surface area contributed by atoms with E-state index in [1.165, 1.54) is 0 Å². The summed E-state index contributed by atoms with van der Waals surface area (Å²) in [4.78, 5) is 11.7. The highest BCUT2D eigenvalue weighted by molar-refractivity contribution is 5.80. The van der Waals surface area contributed by atoms with Gasteiger partial charge in [-0.05, 0) is 43.0 Å². The Morgan fingerprint density at radius 3 is 2.81 bits per heavy atom. The average Bonchev–Trinajstić information content (AvgIpc) is 3.29. The number of nitrogens with one attached hydrogen (secondary N) is 1. The van der Waals surface area contributed by atoms with Crippen LogP contribution in [0.15, 0.2) is 24.3 Å². The predicted molar refractivity (Wildman–Crippen MR) is 79.4 cm³/mol. The van der Waals surface area contributed by atoms with Crippen molar-refractivity contribution in [3.05, 3.63) is 29.8 Å². The zero-order valence-corrected chi connectivity index (χ0v) is 12.6. The van der Waals surface area contributed by atoms with Crippen LogP contribution in [0.3, 0.4) is 0 Å². The lowest BCUT2D eigenvalue weighted by Crippen LogP contribution is -2.58. The van der Waals surface area contributed by atoms with Crippen LogP contribution in [0, 0.1) is 5.92 Å². The van der Waals surface area contributed by atoms with Crippen LogP contribution in [-0.2, 0) is 16.1 Å². The van der Waals surface area contributed by atoms with Gasteiger partial charge in [0.25, 0.3) is 0 Å². The molecule has 1 aromatic rings. The van der Waals surface area contributed by atoms with Gasteiger partial charge in [0.15, 0.2) is 5.54 Å². The standard InChI is InChI=1S/C16H23NO4/c1-3-17-16(15(18)19,13-7-8-13)11-21-14-6-4-5-12(9-14)10-20-2/h4-6,9,13,17H,3,7-8,10-11H2,1-2H3,(H,18,19). The summed E-state index contributed by atoms with van der Waals surface area (Å²) in [5.74, 6) is -0.00858. The molecule has 0 heterocycles. The molecule has 0 bridgehead atoms. The molecule has 1 unspecified atom stereocenters. The van der Waals surface area contributed by atoms with Crippen molar-refractivity contribution in [1.82, 2.24) is 5.32 Å². The zero-order valence-electron chi connectivity index (χ0n) is 12.6. The van der Waals surface area contributed by atoms with Crippen LogP contribution >= 0.6 is 0 Å². The Morgan fingerprint density at radius 2 is 2.24 bits per heavy atom. The highest BCUT2D eigenvalue weighted by Gasteiger charge is 2.51. The van der Waals surface area contributed by atoms with E-state index in [0.29, 0.717) is 18.9 Å². The highest BCUT2D eigenvalue weighted by Crippen LogP contribution is 2.40. The van der Waals surface area contributed by atoms with Gasteiger partial charge in [0, 0.05) is 7.11 Å². The van der Waals surface area contributed by atoms with Crippen molar-refractivity contribution in [1.29, 1.82) is 0 Å². The van der Waals surface area contributed by atoms with Crippen LogP contribution < -0.4 is 10.1 Å².